The molecule has 7 nitrogen and oxygen atoms in total. The molecule has 0 saturated carbocycles. The third kappa shape index (κ3) is 6.74. The summed E-state index contributed by atoms with van der Waals surface area (Å²) in [6.07, 6.45) is -0.665. The molecular weight excluding hydrogens is 336 g/mol. The molecule has 1 aromatic rings. The third-order valence-electron chi connectivity index (χ3n) is 3.49. The predicted molar refractivity (Wildman–Crippen MR) is 99.0 cm³/mol. The fourth-order valence-corrected chi connectivity index (χ4v) is 2.42. The summed E-state index contributed by atoms with van der Waals surface area (Å²) in [5.41, 5.74) is -0.00716. The van der Waals surface area contributed by atoms with Gasteiger partial charge >= 0.3 is 12.1 Å². The van der Waals surface area contributed by atoms with E-state index in [2.05, 4.69) is 5.32 Å². The van der Waals surface area contributed by atoms with Crippen molar-refractivity contribution in [1.29, 1.82) is 0 Å². The standard InChI is InChI=1S/C19H28N2O5/c1-13(2)21(14-9-7-6-8-10-14)16(22)15(17(23)24)11-12-20-18(25)26-19(3,4)5/h6-10,13,15H,11-12H2,1-5H3,(H,20,25)(H,23,24). The summed E-state index contributed by atoms with van der Waals surface area (Å²) < 4.78 is 5.10. The number of aliphatic carboxylic acids is 1. The number of carbonyl (C=O) groups is 3. The first-order chi connectivity index (χ1) is 12.0. The number of anilines is 1. The van der Waals surface area contributed by atoms with Gasteiger partial charge in [-0.3, -0.25) is 9.59 Å². The van der Waals surface area contributed by atoms with Crippen LogP contribution in [0.25, 0.3) is 0 Å². The lowest BCUT2D eigenvalue weighted by Crippen LogP contribution is -2.45. The van der Waals surface area contributed by atoms with Gasteiger partial charge in [0.2, 0.25) is 5.91 Å². The van der Waals surface area contributed by atoms with Crippen molar-refractivity contribution < 1.29 is 24.2 Å². The zero-order valence-electron chi connectivity index (χ0n) is 16.0. The van der Waals surface area contributed by atoms with Crippen molar-refractivity contribution in [2.24, 2.45) is 5.92 Å². The number of para-hydroxylation sites is 1. The van der Waals surface area contributed by atoms with Crippen LogP contribution in [0.15, 0.2) is 30.3 Å². The normalized spacial score (nSPS) is 12.4. The van der Waals surface area contributed by atoms with E-state index in [1.807, 2.05) is 19.9 Å². The van der Waals surface area contributed by atoms with Crippen LogP contribution in [0.1, 0.15) is 41.0 Å². The molecule has 2 N–H and O–H groups in total. The average molecular weight is 364 g/mol. The van der Waals surface area contributed by atoms with E-state index in [4.69, 9.17) is 4.74 Å². The maximum absolute atomic E-state index is 12.8. The minimum Gasteiger partial charge on any atom is -0.481 e. The number of carboxylic acids is 1. The molecule has 7 heteroatoms. The summed E-state index contributed by atoms with van der Waals surface area (Å²) >= 11 is 0. The van der Waals surface area contributed by atoms with Crippen LogP contribution in [-0.4, -0.2) is 41.3 Å². The van der Waals surface area contributed by atoms with Gasteiger partial charge in [0, 0.05) is 18.3 Å². The summed E-state index contributed by atoms with van der Waals surface area (Å²) in [7, 11) is 0. The van der Waals surface area contributed by atoms with Gasteiger partial charge in [-0.2, -0.15) is 0 Å². The number of amides is 2. The number of ether oxygens (including phenoxy) is 1. The van der Waals surface area contributed by atoms with Gasteiger partial charge in [0.15, 0.2) is 0 Å². The second-order valence-corrected chi connectivity index (χ2v) is 7.25. The molecule has 0 aliphatic carbocycles. The lowest BCUT2D eigenvalue weighted by molar-refractivity contribution is -0.146. The Balaban J connectivity index is 2.80. The van der Waals surface area contributed by atoms with Crippen LogP contribution < -0.4 is 10.2 Å². The van der Waals surface area contributed by atoms with Crippen LogP contribution in [-0.2, 0) is 14.3 Å². The lowest BCUT2D eigenvalue weighted by Gasteiger charge is -2.29. The van der Waals surface area contributed by atoms with Crippen molar-refractivity contribution in [1.82, 2.24) is 5.32 Å². The lowest BCUT2D eigenvalue weighted by atomic mass is 10.0. The van der Waals surface area contributed by atoms with E-state index in [0.717, 1.165) is 0 Å². The fraction of sp³-hybridized carbons (Fsp3) is 0.526. The Kier molecular flexibility index (Phi) is 7.61. The Morgan fingerprint density at radius 2 is 1.73 bits per heavy atom. The van der Waals surface area contributed by atoms with E-state index in [-0.39, 0.29) is 19.0 Å². The zero-order valence-corrected chi connectivity index (χ0v) is 16.0. The first-order valence-electron chi connectivity index (χ1n) is 8.60. The zero-order chi connectivity index (χ0) is 19.9. The summed E-state index contributed by atoms with van der Waals surface area (Å²) in [6.45, 7) is 8.87. The first kappa shape index (κ1) is 21.5. The molecule has 1 unspecified atom stereocenters. The molecule has 1 atom stereocenters. The number of rotatable bonds is 7. The number of nitrogens with zero attached hydrogens (tertiary/aromatic N) is 1. The number of alkyl carbamates (subject to hydrolysis) is 1. The molecule has 2 amide bonds. The highest BCUT2D eigenvalue weighted by molar-refractivity contribution is 6.06. The molecule has 0 aliphatic heterocycles. The molecule has 0 heterocycles. The van der Waals surface area contributed by atoms with Crippen LogP contribution in [0.2, 0.25) is 0 Å². The van der Waals surface area contributed by atoms with Crippen molar-refractivity contribution in [3.63, 3.8) is 0 Å². The monoisotopic (exact) mass is 364 g/mol. The molecule has 0 aliphatic rings. The molecule has 1 rings (SSSR count). The number of hydrogen-bond acceptors (Lipinski definition) is 4. The molecular formula is C19H28N2O5. The van der Waals surface area contributed by atoms with Gasteiger partial charge in [-0.25, -0.2) is 4.79 Å². The molecule has 0 aromatic heterocycles. The van der Waals surface area contributed by atoms with Crippen molar-refractivity contribution in [2.45, 2.75) is 52.7 Å². The predicted octanol–water partition coefficient (Wildman–Crippen LogP) is 3.04. The average Bonchev–Trinajstić information content (AvgIpc) is 2.50. The summed E-state index contributed by atoms with van der Waals surface area (Å²) in [4.78, 5) is 37.6. The van der Waals surface area contributed by atoms with E-state index in [1.54, 1.807) is 45.0 Å². The summed E-state index contributed by atoms with van der Waals surface area (Å²) in [5, 5.41) is 12.0. The molecule has 0 radical (unpaired) electrons. The van der Waals surface area contributed by atoms with E-state index >= 15 is 0 Å². The van der Waals surface area contributed by atoms with E-state index in [1.165, 1.54) is 4.90 Å². The largest absolute Gasteiger partial charge is 0.481 e. The van der Waals surface area contributed by atoms with Gasteiger partial charge in [0.1, 0.15) is 11.5 Å². The number of benzene rings is 1. The number of hydrogen-bond donors (Lipinski definition) is 2. The fourth-order valence-electron chi connectivity index (χ4n) is 2.42. The first-order valence-corrected chi connectivity index (χ1v) is 8.60. The van der Waals surface area contributed by atoms with Crippen molar-refractivity contribution in [3.05, 3.63) is 30.3 Å². The van der Waals surface area contributed by atoms with E-state index in [9.17, 15) is 19.5 Å². The molecule has 26 heavy (non-hydrogen) atoms. The topological polar surface area (TPSA) is 95.9 Å². The molecule has 0 fully saturated rings. The minimum atomic E-state index is -1.26. The van der Waals surface area contributed by atoms with Crippen LogP contribution >= 0.6 is 0 Å². The highest BCUT2D eigenvalue weighted by Crippen LogP contribution is 2.21. The molecule has 0 bridgehead atoms. The Morgan fingerprint density at radius 3 is 2.19 bits per heavy atom. The molecule has 144 valence electrons. The van der Waals surface area contributed by atoms with Gasteiger partial charge in [-0.05, 0) is 53.2 Å². The van der Waals surface area contributed by atoms with Gasteiger partial charge < -0.3 is 20.1 Å². The van der Waals surface area contributed by atoms with E-state index in [0.29, 0.717) is 5.69 Å². The van der Waals surface area contributed by atoms with Crippen LogP contribution in [0.5, 0.6) is 0 Å². The third-order valence-corrected chi connectivity index (χ3v) is 3.49. The van der Waals surface area contributed by atoms with Crippen LogP contribution in [0.3, 0.4) is 0 Å². The minimum absolute atomic E-state index is 0.0243. The van der Waals surface area contributed by atoms with Gasteiger partial charge in [-0.15, -0.1) is 0 Å². The highest BCUT2D eigenvalue weighted by atomic mass is 16.6. The molecule has 1 aromatic carbocycles. The second-order valence-electron chi connectivity index (χ2n) is 7.25. The second kappa shape index (κ2) is 9.22. The van der Waals surface area contributed by atoms with Gasteiger partial charge in [-0.1, -0.05) is 18.2 Å². The maximum atomic E-state index is 12.8. The van der Waals surface area contributed by atoms with E-state index < -0.39 is 29.5 Å². The Morgan fingerprint density at radius 1 is 1.15 bits per heavy atom. The van der Waals surface area contributed by atoms with Gasteiger partial charge in [0.25, 0.3) is 0 Å². The summed E-state index contributed by atoms with van der Waals surface area (Å²) in [6, 6.07) is 8.72. The maximum Gasteiger partial charge on any atom is 0.407 e. The number of carboxylic acid groups (broad SMARTS) is 1. The molecule has 0 saturated heterocycles. The number of nitrogens with one attached hydrogen (secondary N) is 1. The smallest absolute Gasteiger partial charge is 0.407 e. The number of carbonyl (C=O) groups excluding carboxylic acids is 2. The van der Waals surface area contributed by atoms with Crippen molar-refractivity contribution >= 4 is 23.7 Å². The SMILES string of the molecule is CC(C)N(C(=O)C(CCNC(=O)OC(C)(C)C)C(=O)O)c1ccccc1. The van der Waals surface area contributed by atoms with Crippen molar-refractivity contribution in [3.8, 4) is 0 Å². The van der Waals surface area contributed by atoms with Gasteiger partial charge in [0.05, 0.1) is 0 Å². The Bertz CT molecular complexity index is 623. The Labute approximate surface area is 154 Å². The molecule has 0 spiro atoms. The Hall–Kier alpha value is -2.57. The summed E-state index contributed by atoms with van der Waals surface area (Å²) in [5.74, 6) is -2.99. The van der Waals surface area contributed by atoms with Crippen LogP contribution in [0.4, 0.5) is 10.5 Å². The van der Waals surface area contributed by atoms with Crippen molar-refractivity contribution in [2.75, 3.05) is 11.4 Å². The highest BCUT2D eigenvalue weighted by Gasteiger charge is 2.32. The quantitative estimate of drug-likeness (QED) is 0.725. The van der Waals surface area contributed by atoms with Crippen LogP contribution in [0, 0.1) is 5.92 Å².